The number of rotatable bonds is 4. The van der Waals surface area contributed by atoms with Crippen LogP contribution in [0.3, 0.4) is 0 Å². The van der Waals surface area contributed by atoms with Gasteiger partial charge in [-0.2, -0.15) is 11.8 Å². The second kappa shape index (κ2) is 4.86. The van der Waals surface area contributed by atoms with E-state index in [-0.39, 0.29) is 0 Å². The van der Waals surface area contributed by atoms with Crippen LogP contribution < -0.4 is 5.73 Å². The van der Waals surface area contributed by atoms with Crippen molar-refractivity contribution in [3.05, 3.63) is 0 Å². The third-order valence-corrected chi connectivity index (χ3v) is 4.62. The average Bonchev–Trinajstić information content (AvgIpc) is 2.31. The smallest absolute Gasteiger partial charge is 0.0211 e. The van der Waals surface area contributed by atoms with E-state index in [9.17, 15) is 0 Å². The first kappa shape index (κ1) is 12.3. The van der Waals surface area contributed by atoms with Crippen LogP contribution in [0.1, 0.15) is 26.7 Å². The lowest BCUT2D eigenvalue weighted by Crippen LogP contribution is -2.38. The van der Waals surface area contributed by atoms with Gasteiger partial charge in [0.15, 0.2) is 0 Å². The molecule has 0 spiro atoms. The Morgan fingerprint density at radius 2 is 2.07 bits per heavy atom. The minimum Gasteiger partial charge on any atom is -0.326 e. The van der Waals surface area contributed by atoms with Crippen molar-refractivity contribution in [2.75, 3.05) is 26.4 Å². The summed E-state index contributed by atoms with van der Waals surface area (Å²) in [7, 11) is 4.25. The molecule has 2 N–H and O–H groups in total. The van der Waals surface area contributed by atoms with Gasteiger partial charge in [0.1, 0.15) is 0 Å². The summed E-state index contributed by atoms with van der Waals surface area (Å²) < 4.78 is 0. The van der Waals surface area contributed by atoms with Gasteiger partial charge < -0.3 is 10.6 Å². The summed E-state index contributed by atoms with van der Waals surface area (Å²) in [5.74, 6) is 1.21. The van der Waals surface area contributed by atoms with E-state index in [1.807, 2.05) is 0 Å². The second-order valence-electron chi connectivity index (χ2n) is 5.27. The molecule has 0 bridgehead atoms. The van der Waals surface area contributed by atoms with Crippen molar-refractivity contribution in [1.82, 2.24) is 4.90 Å². The summed E-state index contributed by atoms with van der Waals surface area (Å²) in [6.07, 6.45) is 2.58. The predicted octanol–water partition coefficient (Wildman–Crippen LogP) is 1.80. The van der Waals surface area contributed by atoms with Crippen molar-refractivity contribution in [3.8, 4) is 0 Å². The molecular formula is C11H24N2S. The van der Waals surface area contributed by atoms with Crippen molar-refractivity contribution in [3.63, 3.8) is 0 Å². The monoisotopic (exact) mass is 216 g/mol. The van der Waals surface area contributed by atoms with E-state index >= 15 is 0 Å². The second-order valence-corrected chi connectivity index (χ2v) is 6.61. The highest BCUT2D eigenvalue weighted by Gasteiger charge is 2.39. The van der Waals surface area contributed by atoms with Gasteiger partial charge in [0.25, 0.3) is 0 Å². The highest BCUT2D eigenvalue weighted by molar-refractivity contribution is 8.00. The van der Waals surface area contributed by atoms with E-state index in [1.165, 1.54) is 18.6 Å². The normalized spacial score (nSPS) is 31.3. The van der Waals surface area contributed by atoms with Crippen LogP contribution in [-0.2, 0) is 0 Å². The quantitative estimate of drug-likeness (QED) is 0.777. The van der Waals surface area contributed by atoms with Gasteiger partial charge in [0, 0.05) is 23.6 Å². The molecule has 1 saturated carbocycles. The van der Waals surface area contributed by atoms with Gasteiger partial charge in [-0.15, -0.1) is 0 Å². The molecule has 2 atom stereocenters. The van der Waals surface area contributed by atoms with E-state index < -0.39 is 0 Å². The highest BCUT2D eigenvalue weighted by atomic mass is 32.2. The number of nitrogens with two attached hydrogens (primary N) is 1. The maximum absolute atomic E-state index is 6.24. The van der Waals surface area contributed by atoms with Gasteiger partial charge in [-0.3, -0.25) is 0 Å². The minimum atomic E-state index is 0.357. The topological polar surface area (TPSA) is 29.3 Å². The SMILES string of the molecule is CN(C)CCSC1CCC(C)(C)C1N. The molecule has 0 aromatic heterocycles. The lowest BCUT2D eigenvalue weighted by Gasteiger charge is -2.26. The Bertz CT molecular complexity index is 180. The standard InChI is InChI=1S/C11H24N2S/c1-11(2)6-5-9(10(11)12)14-8-7-13(3)4/h9-10H,5-8,12H2,1-4H3. The van der Waals surface area contributed by atoms with Crippen LogP contribution in [-0.4, -0.2) is 42.6 Å². The summed E-state index contributed by atoms with van der Waals surface area (Å²) in [6, 6.07) is 0.384. The van der Waals surface area contributed by atoms with Crippen LogP contribution in [0.15, 0.2) is 0 Å². The zero-order valence-electron chi connectivity index (χ0n) is 9.92. The molecule has 3 heteroatoms. The van der Waals surface area contributed by atoms with E-state index in [4.69, 9.17) is 5.73 Å². The third kappa shape index (κ3) is 3.14. The molecule has 84 valence electrons. The van der Waals surface area contributed by atoms with Crippen molar-refractivity contribution in [2.24, 2.45) is 11.1 Å². The Hall–Kier alpha value is 0.270. The molecule has 0 heterocycles. The fraction of sp³-hybridized carbons (Fsp3) is 1.00. The molecule has 1 aliphatic rings. The van der Waals surface area contributed by atoms with Crippen molar-refractivity contribution >= 4 is 11.8 Å². The largest absolute Gasteiger partial charge is 0.326 e. The first-order valence-corrected chi connectivity index (χ1v) is 6.50. The summed E-state index contributed by atoms with van der Waals surface area (Å²) in [6.45, 7) is 5.75. The van der Waals surface area contributed by atoms with E-state index in [2.05, 4.69) is 44.6 Å². The van der Waals surface area contributed by atoms with Gasteiger partial charge >= 0.3 is 0 Å². The molecule has 0 aromatic rings. The average molecular weight is 216 g/mol. The number of thioether (sulfide) groups is 1. The van der Waals surface area contributed by atoms with Gasteiger partial charge in [-0.05, 0) is 32.4 Å². The zero-order chi connectivity index (χ0) is 10.8. The molecule has 1 aliphatic carbocycles. The molecule has 0 amide bonds. The minimum absolute atomic E-state index is 0.357. The van der Waals surface area contributed by atoms with E-state index in [0.717, 1.165) is 6.54 Å². The van der Waals surface area contributed by atoms with Crippen LogP contribution in [0, 0.1) is 5.41 Å². The van der Waals surface area contributed by atoms with Crippen LogP contribution >= 0.6 is 11.8 Å². The Kier molecular flexibility index (Phi) is 4.29. The maximum Gasteiger partial charge on any atom is 0.0211 e. The molecule has 2 nitrogen and oxygen atoms in total. The highest BCUT2D eigenvalue weighted by Crippen LogP contribution is 2.41. The van der Waals surface area contributed by atoms with E-state index in [1.54, 1.807) is 0 Å². The predicted molar refractivity (Wildman–Crippen MR) is 65.8 cm³/mol. The molecular weight excluding hydrogens is 192 g/mol. The van der Waals surface area contributed by atoms with Gasteiger partial charge in [0.05, 0.1) is 0 Å². The van der Waals surface area contributed by atoms with Crippen LogP contribution in [0.4, 0.5) is 0 Å². The molecule has 0 radical (unpaired) electrons. The Morgan fingerprint density at radius 3 is 2.50 bits per heavy atom. The molecule has 0 aromatic carbocycles. The zero-order valence-corrected chi connectivity index (χ0v) is 10.7. The van der Waals surface area contributed by atoms with Crippen molar-refractivity contribution < 1.29 is 0 Å². The van der Waals surface area contributed by atoms with Crippen molar-refractivity contribution in [1.29, 1.82) is 0 Å². The summed E-state index contributed by atoms with van der Waals surface area (Å²) in [5, 5.41) is 0.685. The molecule has 1 fully saturated rings. The molecule has 14 heavy (non-hydrogen) atoms. The first-order chi connectivity index (χ1) is 6.43. The lowest BCUT2D eigenvalue weighted by molar-refractivity contribution is 0.334. The van der Waals surface area contributed by atoms with Crippen LogP contribution in [0.25, 0.3) is 0 Å². The number of nitrogens with zero attached hydrogens (tertiary/aromatic N) is 1. The Balaban J connectivity index is 2.27. The van der Waals surface area contributed by atoms with Gasteiger partial charge in [-0.1, -0.05) is 13.8 Å². The molecule has 2 unspecified atom stereocenters. The molecule has 0 aliphatic heterocycles. The lowest BCUT2D eigenvalue weighted by atomic mass is 9.88. The summed E-state index contributed by atoms with van der Waals surface area (Å²) in [4.78, 5) is 2.23. The summed E-state index contributed by atoms with van der Waals surface area (Å²) >= 11 is 2.06. The molecule has 0 saturated heterocycles. The summed E-state index contributed by atoms with van der Waals surface area (Å²) in [5.41, 5.74) is 6.60. The fourth-order valence-electron chi connectivity index (χ4n) is 1.94. The maximum atomic E-state index is 6.24. The van der Waals surface area contributed by atoms with Crippen LogP contribution in [0.2, 0.25) is 0 Å². The third-order valence-electron chi connectivity index (χ3n) is 3.25. The Labute approximate surface area is 92.6 Å². The number of hydrogen-bond donors (Lipinski definition) is 1. The van der Waals surface area contributed by atoms with E-state index in [0.29, 0.717) is 16.7 Å². The first-order valence-electron chi connectivity index (χ1n) is 5.45. The molecule has 1 rings (SSSR count). The van der Waals surface area contributed by atoms with Gasteiger partial charge in [-0.25, -0.2) is 0 Å². The Morgan fingerprint density at radius 1 is 1.43 bits per heavy atom. The number of hydrogen-bond acceptors (Lipinski definition) is 3. The fourth-order valence-corrected chi connectivity index (χ4v) is 3.57. The van der Waals surface area contributed by atoms with Crippen LogP contribution in [0.5, 0.6) is 0 Å². The van der Waals surface area contributed by atoms with Gasteiger partial charge in [0.2, 0.25) is 0 Å². The van der Waals surface area contributed by atoms with Crippen molar-refractivity contribution in [2.45, 2.75) is 38.0 Å².